The second kappa shape index (κ2) is 8.47. The Morgan fingerprint density at radius 2 is 2.19 bits per heavy atom. The SMILES string of the molecule is CCCc1cc(=O)n(CC(=O)NCC2CCCO2)c(-n2nc(C)cc2C)n1. The average Bonchev–Trinajstić information content (AvgIpc) is 3.25. The Labute approximate surface area is 158 Å². The molecule has 1 atom stereocenters. The van der Waals surface area contributed by atoms with E-state index in [9.17, 15) is 9.59 Å². The molecule has 8 heteroatoms. The van der Waals surface area contributed by atoms with Crippen molar-refractivity contribution in [3.8, 4) is 5.95 Å². The Balaban J connectivity index is 1.87. The van der Waals surface area contributed by atoms with Gasteiger partial charge in [0.2, 0.25) is 11.9 Å². The lowest BCUT2D eigenvalue weighted by molar-refractivity contribution is -0.122. The first-order valence-electron chi connectivity index (χ1n) is 9.50. The fourth-order valence-corrected chi connectivity index (χ4v) is 3.30. The molecule has 2 aromatic heterocycles. The summed E-state index contributed by atoms with van der Waals surface area (Å²) >= 11 is 0. The first-order valence-corrected chi connectivity index (χ1v) is 9.50. The summed E-state index contributed by atoms with van der Waals surface area (Å²) < 4.78 is 8.53. The van der Waals surface area contributed by atoms with Crippen LogP contribution in [0.15, 0.2) is 16.9 Å². The summed E-state index contributed by atoms with van der Waals surface area (Å²) in [6.45, 7) is 6.93. The van der Waals surface area contributed by atoms with Crippen LogP contribution < -0.4 is 10.9 Å². The monoisotopic (exact) mass is 373 g/mol. The lowest BCUT2D eigenvalue weighted by Gasteiger charge is -2.15. The standard InChI is InChI=1S/C19H27N5O3/c1-4-6-15-10-18(26)23(12-17(25)20-11-16-7-5-8-27-16)19(21-15)24-14(3)9-13(2)22-24/h9-10,16H,4-8,11-12H2,1-3H3,(H,20,25). The molecule has 0 aromatic carbocycles. The summed E-state index contributed by atoms with van der Waals surface area (Å²) in [5.74, 6) is 0.143. The molecule has 8 nitrogen and oxygen atoms in total. The third-order valence-corrected chi connectivity index (χ3v) is 4.60. The molecular weight excluding hydrogens is 346 g/mol. The topological polar surface area (TPSA) is 91.0 Å². The van der Waals surface area contributed by atoms with Gasteiger partial charge in [0.1, 0.15) is 6.54 Å². The Hall–Kier alpha value is -2.48. The lowest BCUT2D eigenvalue weighted by Crippen LogP contribution is -2.38. The Bertz CT molecular complexity index is 865. The third kappa shape index (κ3) is 4.63. The summed E-state index contributed by atoms with van der Waals surface area (Å²) in [4.78, 5) is 29.7. The molecule has 27 heavy (non-hydrogen) atoms. The zero-order valence-electron chi connectivity index (χ0n) is 16.2. The Kier molecular flexibility index (Phi) is 6.05. The van der Waals surface area contributed by atoms with Crippen molar-refractivity contribution in [3.63, 3.8) is 0 Å². The van der Waals surface area contributed by atoms with Crippen LogP contribution in [0.5, 0.6) is 0 Å². The van der Waals surface area contributed by atoms with Gasteiger partial charge in [-0.3, -0.25) is 14.2 Å². The van der Waals surface area contributed by atoms with Gasteiger partial charge in [0.25, 0.3) is 5.56 Å². The maximum absolute atomic E-state index is 12.7. The van der Waals surface area contributed by atoms with Gasteiger partial charge in [0.05, 0.1) is 11.8 Å². The fraction of sp³-hybridized carbons (Fsp3) is 0.579. The number of aryl methyl sites for hydroxylation is 3. The van der Waals surface area contributed by atoms with Crippen molar-refractivity contribution >= 4 is 5.91 Å². The van der Waals surface area contributed by atoms with E-state index in [4.69, 9.17) is 4.74 Å². The van der Waals surface area contributed by atoms with Gasteiger partial charge >= 0.3 is 0 Å². The molecular formula is C19H27N5O3. The maximum atomic E-state index is 12.7. The molecule has 3 rings (SSSR count). The van der Waals surface area contributed by atoms with E-state index in [-0.39, 0.29) is 24.1 Å². The number of carbonyl (C=O) groups excluding carboxylic acids is 1. The van der Waals surface area contributed by atoms with E-state index in [2.05, 4.69) is 15.4 Å². The van der Waals surface area contributed by atoms with Crippen LogP contribution in [0, 0.1) is 13.8 Å². The zero-order valence-corrected chi connectivity index (χ0v) is 16.2. The Morgan fingerprint density at radius 1 is 1.37 bits per heavy atom. The lowest BCUT2D eigenvalue weighted by atomic mass is 10.2. The molecule has 1 aliphatic heterocycles. The van der Waals surface area contributed by atoms with Crippen LogP contribution >= 0.6 is 0 Å². The normalized spacial score (nSPS) is 16.6. The van der Waals surface area contributed by atoms with E-state index in [1.54, 1.807) is 4.68 Å². The van der Waals surface area contributed by atoms with Crippen LogP contribution in [-0.4, -0.2) is 44.5 Å². The van der Waals surface area contributed by atoms with E-state index in [0.717, 1.165) is 37.3 Å². The maximum Gasteiger partial charge on any atom is 0.255 e. The average molecular weight is 373 g/mol. The first kappa shape index (κ1) is 19.3. The van der Waals surface area contributed by atoms with Gasteiger partial charge in [-0.15, -0.1) is 0 Å². The summed E-state index contributed by atoms with van der Waals surface area (Å²) in [5.41, 5.74) is 2.16. The first-order chi connectivity index (χ1) is 13.0. The molecule has 1 unspecified atom stereocenters. The highest BCUT2D eigenvalue weighted by Gasteiger charge is 2.19. The minimum Gasteiger partial charge on any atom is -0.376 e. The Morgan fingerprint density at radius 3 is 2.81 bits per heavy atom. The number of rotatable bonds is 7. The van der Waals surface area contributed by atoms with Crippen LogP contribution in [0.2, 0.25) is 0 Å². The van der Waals surface area contributed by atoms with E-state index in [0.29, 0.717) is 24.6 Å². The number of hydrogen-bond acceptors (Lipinski definition) is 5. The molecule has 0 spiro atoms. The molecule has 1 fully saturated rings. The molecule has 0 aliphatic carbocycles. The fourth-order valence-electron chi connectivity index (χ4n) is 3.30. The van der Waals surface area contributed by atoms with Gasteiger partial charge in [-0.25, -0.2) is 9.67 Å². The number of nitrogens with zero attached hydrogens (tertiary/aromatic N) is 4. The van der Waals surface area contributed by atoms with Gasteiger partial charge in [0, 0.05) is 30.6 Å². The quantitative estimate of drug-likeness (QED) is 0.790. The molecule has 1 aliphatic rings. The number of amides is 1. The predicted octanol–water partition coefficient (Wildman–Crippen LogP) is 1.29. The van der Waals surface area contributed by atoms with E-state index < -0.39 is 0 Å². The van der Waals surface area contributed by atoms with E-state index in [1.165, 1.54) is 10.6 Å². The molecule has 0 bridgehead atoms. The molecule has 2 aromatic rings. The molecule has 3 heterocycles. The van der Waals surface area contributed by atoms with Gasteiger partial charge in [-0.1, -0.05) is 13.3 Å². The summed E-state index contributed by atoms with van der Waals surface area (Å²) in [6, 6.07) is 3.42. The van der Waals surface area contributed by atoms with Crippen LogP contribution in [-0.2, 0) is 22.5 Å². The minimum absolute atomic E-state index is 0.0613. The van der Waals surface area contributed by atoms with Crippen LogP contribution in [0.25, 0.3) is 5.95 Å². The van der Waals surface area contributed by atoms with Gasteiger partial charge in [0.15, 0.2) is 0 Å². The predicted molar refractivity (Wildman–Crippen MR) is 101 cm³/mol. The van der Waals surface area contributed by atoms with Crippen molar-refractivity contribution in [2.24, 2.45) is 0 Å². The molecule has 0 radical (unpaired) electrons. The second-order valence-corrected chi connectivity index (χ2v) is 7.00. The van der Waals surface area contributed by atoms with Gasteiger partial charge < -0.3 is 10.1 Å². The highest BCUT2D eigenvalue weighted by atomic mass is 16.5. The van der Waals surface area contributed by atoms with E-state index >= 15 is 0 Å². The number of hydrogen-bond donors (Lipinski definition) is 1. The van der Waals surface area contributed by atoms with Crippen molar-refractivity contribution in [2.75, 3.05) is 13.2 Å². The van der Waals surface area contributed by atoms with Crippen molar-refractivity contribution in [2.45, 2.75) is 59.1 Å². The summed E-state index contributed by atoms with van der Waals surface area (Å²) in [5, 5.41) is 7.30. The molecule has 1 amide bonds. The molecule has 0 saturated carbocycles. The number of nitrogens with one attached hydrogen (secondary N) is 1. The molecule has 1 N–H and O–H groups in total. The van der Waals surface area contributed by atoms with Crippen molar-refractivity contribution in [3.05, 3.63) is 39.6 Å². The minimum atomic E-state index is -0.247. The number of aromatic nitrogens is 4. The number of carbonyl (C=O) groups is 1. The summed E-state index contributed by atoms with van der Waals surface area (Å²) in [6.07, 6.45) is 3.61. The second-order valence-electron chi connectivity index (χ2n) is 7.00. The zero-order chi connectivity index (χ0) is 19.4. The van der Waals surface area contributed by atoms with Crippen LogP contribution in [0.3, 0.4) is 0 Å². The number of ether oxygens (including phenoxy) is 1. The highest BCUT2D eigenvalue weighted by Crippen LogP contribution is 2.12. The largest absolute Gasteiger partial charge is 0.376 e. The van der Waals surface area contributed by atoms with E-state index in [1.807, 2.05) is 26.8 Å². The van der Waals surface area contributed by atoms with Crippen molar-refractivity contribution in [1.29, 1.82) is 0 Å². The van der Waals surface area contributed by atoms with Crippen LogP contribution in [0.4, 0.5) is 0 Å². The highest BCUT2D eigenvalue weighted by molar-refractivity contribution is 5.75. The van der Waals surface area contributed by atoms with Gasteiger partial charge in [-0.05, 0) is 39.2 Å². The summed E-state index contributed by atoms with van der Waals surface area (Å²) in [7, 11) is 0. The van der Waals surface area contributed by atoms with Crippen molar-refractivity contribution < 1.29 is 9.53 Å². The van der Waals surface area contributed by atoms with Crippen molar-refractivity contribution in [1.82, 2.24) is 24.6 Å². The molecule has 146 valence electrons. The smallest absolute Gasteiger partial charge is 0.255 e. The molecule has 1 saturated heterocycles. The van der Waals surface area contributed by atoms with Gasteiger partial charge in [-0.2, -0.15) is 5.10 Å². The third-order valence-electron chi connectivity index (χ3n) is 4.60. The van der Waals surface area contributed by atoms with Crippen LogP contribution in [0.1, 0.15) is 43.3 Å².